The number of amides is 1. The highest BCUT2D eigenvalue weighted by molar-refractivity contribution is 6.35. The summed E-state index contributed by atoms with van der Waals surface area (Å²) in [5, 5.41) is 3.88. The van der Waals surface area contributed by atoms with Crippen molar-refractivity contribution in [2.75, 3.05) is 6.61 Å². The minimum absolute atomic E-state index is 0.0623. The summed E-state index contributed by atoms with van der Waals surface area (Å²) in [7, 11) is 0. The van der Waals surface area contributed by atoms with E-state index in [0.29, 0.717) is 15.8 Å². The first kappa shape index (κ1) is 17.1. The average molecular weight is 364 g/mol. The fraction of sp³-hybridized carbons (Fsp3) is 0.316. The molecule has 5 heteroatoms. The molecule has 0 unspecified atom stereocenters. The van der Waals surface area contributed by atoms with Gasteiger partial charge in [-0.25, -0.2) is 0 Å². The minimum Gasteiger partial charge on any atom is -0.482 e. The monoisotopic (exact) mass is 363 g/mol. The van der Waals surface area contributed by atoms with Crippen LogP contribution >= 0.6 is 23.2 Å². The number of carbonyl (C=O) groups excluding carboxylic acids is 1. The van der Waals surface area contributed by atoms with E-state index in [4.69, 9.17) is 27.9 Å². The number of aryl methyl sites for hydroxylation is 2. The molecule has 0 fully saturated rings. The minimum atomic E-state index is -0.186. The normalized spacial score (nSPS) is 14.1. The molecule has 0 aliphatic heterocycles. The molecule has 0 aromatic heterocycles. The van der Waals surface area contributed by atoms with Crippen LogP contribution in [0.15, 0.2) is 36.4 Å². The van der Waals surface area contributed by atoms with Crippen LogP contribution < -0.4 is 10.1 Å². The Hall–Kier alpha value is -1.71. The Morgan fingerprint density at radius 3 is 2.75 bits per heavy atom. The van der Waals surface area contributed by atoms with Crippen molar-refractivity contribution in [3.8, 4) is 5.75 Å². The lowest BCUT2D eigenvalue weighted by molar-refractivity contribution is -0.123. The van der Waals surface area contributed by atoms with Crippen molar-refractivity contribution in [3.05, 3.63) is 63.1 Å². The van der Waals surface area contributed by atoms with Crippen molar-refractivity contribution >= 4 is 29.1 Å². The molecule has 0 bridgehead atoms. The molecule has 126 valence electrons. The Morgan fingerprint density at radius 2 is 1.96 bits per heavy atom. The largest absolute Gasteiger partial charge is 0.482 e. The van der Waals surface area contributed by atoms with Crippen LogP contribution in [-0.2, 0) is 17.6 Å². The molecule has 2 aromatic carbocycles. The molecule has 3 nitrogen and oxygen atoms in total. The highest BCUT2D eigenvalue weighted by Crippen LogP contribution is 2.28. The Balaban J connectivity index is 1.56. The fourth-order valence-corrected chi connectivity index (χ4v) is 3.43. The van der Waals surface area contributed by atoms with Gasteiger partial charge < -0.3 is 10.1 Å². The predicted molar refractivity (Wildman–Crippen MR) is 97.0 cm³/mol. The van der Waals surface area contributed by atoms with Gasteiger partial charge in [-0.1, -0.05) is 41.4 Å². The summed E-state index contributed by atoms with van der Waals surface area (Å²) in [5.74, 6) is 0.260. The molecule has 0 radical (unpaired) electrons. The maximum atomic E-state index is 12.1. The van der Waals surface area contributed by atoms with Crippen LogP contribution in [0.1, 0.15) is 36.1 Å². The van der Waals surface area contributed by atoms with Gasteiger partial charge in [0, 0.05) is 5.02 Å². The second-order valence-corrected chi connectivity index (χ2v) is 6.88. The van der Waals surface area contributed by atoms with E-state index in [9.17, 15) is 4.79 Å². The van der Waals surface area contributed by atoms with Crippen molar-refractivity contribution in [2.45, 2.75) is 32.2 Å². The van der Waals surface area contributed by atoms with E-state index in [-0.39, 0.29) is 18.6 Å². The summed E-state index contributed by atoms with van der Waals surface area (Å²) < 4.78 is 5.46. The van der Waals surface area contributed by atoms with Gasteiger partial charge in [0.15, 0.2) is 6.61 Å². The zero-order valence-electron chi connectivity index (χ0n) is 13.4. The summed E-state index contributed by atoms with van der Waals surface area (Å²) in [6, 6.07) is 11.3. The van der Waals surface area contributed by atoms with Crippen LogP contribution in [-0.4, -0.2) is 12.5 Å². The van der Waals surface area contributed by atoms with Gasteiger partial charge >= 0.3 is 0 Å². The molecule has 1 N–H and O–H groups in total. The fourth-order valence-electron chi connectivity index (χ4n) is 2.96. The van der Waals surface area contributed by atoms with Gasteiger partial charge in [0.05, 0.1) is 11.1 Å². The molecule has 24 heavy (non-hydrogen) atoms. The van der Waals surface area contributed by atoms with E-state index in [2.05, 4.69) is 23.5 Å². The summed E-state index contributed by atoms with van der Waals surface area (Å²) in [4.78, 5) is 12.1. The number of nitrogens with one attached hydrogen (secondary N) is 1. The number of fused-ring (bicyclic) bond motifs is 1. The quantitative estimate of drug-likeness (QED) is 0.832. The molecule has 1 amide bonds. The summed E-state index contributed by atoms with van der Waals surface area (Å²) in [6.45, 7) is 1.89. The molecule has 1 atom stereocenters. The smallest absolute Gasteiger partial charge is 0.258 e. The lowest BCUT2D eigenvalue weighted by atomic mass is 10.0. The molecule has 1 aliphatic rings. The van der Waals surface area contributed by atoms with E-state index in [0.717, 1.165) is 18.4 Å². The maximum absolute atomic E-state index is 12.1. The molecule has 2 aromatic rings. The molecular weight excluding hydrogens is 345 g/mol. The van der Waals surface area contributed by atoms with E-state index in [1.807, 2.05) is 6.92 Å². The Morgan fingerprint density at radius 1 is 1.17 bits per heavy atom. The van der Waals surface area contributed by atoms with Crippen molar-refractivity contribution in [1.82, 2.24) is 5.32 Å². The van der Waals surface area contributed by atoms with Gasteiger partial charge in [-0.05, 0) is 61.1 Å². The SMILES string of the molecule is C[C@H](NC(=O)COc1ccc(Cl)cc1Cl)c1ccc2c(c1)CCC2. The third-order valence-electron chi connectivity index (χ3n) is 4.25. The van der Waals surface area contributed by atoms with Crippen LogP contribution in [0.2, 0.25) is 10.0 Å². The van der Waals surface area contributed by atoms with E-state index < -0.39 is 0 Å². The third kappa shape index (κ3) is 4.03. The topological polar surface area (TPSA) is 38.3 Å². The van der Waals surface area contributed by atoms with Gasteiger partial charge in [0.2, 0.25) is 0 Å². The zero-order valence-corrected chi connectivity index (χ0v) is 15.0. The number of benzene rings is 2. The second-order valence-electron chi connectivity index (χ2n) is 6.03. The number of ether oxygens (including phenoxy) is 1. The molecule has 0 saturated heterocycles. The van der Waals surface area contributed by atoms with Crippen LogP contribution in [0.25, 0.3) is 0 Å². The maximum Gasteiger partial charge on any atom is 0.258 e. The highest BCUT2D eigenvalue weighted by atomic mass is 35.5. The summed E-state index contributed by atoms with van der Waals surface area (Å²) in [5.41, 5.74) is 3.95. The van der Waals surface area contributed by atoms with E-state index in [1.54, 1.807) is 18.2 Å². The van der Waals surface area contributed by atoms with Crippen molar-refractivity contribution in [2.24, 2.45) is 0 Å². The average Bonchev–Trinajstić information content (AvgIpc) is 3.01. The first-order chi connectivity index (χ1) is 11.5. The molecule has 1 aliphatic carbocycles. The van der Waals surface area contributed by atoms with Crippen molar-refractivity contribution in [3.63, 3.8) is 0 Å². The number of halogens is 2. The third-order valence-corrected chi connectivity index (χ3v) is 4.78. The van der Waals surface area contributed by atoms with Crippen LogP contribution in [0.4, 0.5) is 0 Å². The molecule has 0 spiro atoms. The van der Waals surface area contributed by atoms with Gasteiger partial charge in [0.1, 0.15) is 5.75 Å². The lowest BCUT2D eigenvalue weighted by Gasteiger charge is -2.16. The van der Waals surface area contributed by atoms with Crippen LogP contribution in [0.3, 0.4) is 0 Å². The molecule has 0 saturated carbocycles. The molecular formula is C19H19Cl2NO2. The number of carbonyl (C=O) groups is 1. The van der Waals surface area contributed by atoms with Gasteiger partial charge in [-0.2, -0.15) is 0 Å². The Bertz CT molecular complexity index is 761. The zero-order chi connectivity index (χ0) is 17.1. The number of rotatable bonds is 5. The van der Waals surface area contributed by atoms with E-state index >= 15 is 0 Å². The molecule has 0 heterocycles. The van der Waals surface area contributed by atoms with Crippen molar-refractivity contribution < 1.29 is 9.53 Å². The standard InChI is InChI=1S/C19H19Cl2NO2/c1-12(14-6-5-13-3-2-4-15(13)9-14)22-19(23)11-24-18-8-7-16(20)10-17(18)21/h5-10,12H,2-4,11H2,1H3,(H,22,23)/t12-/m0/s1. The number of hydrogen-bond acceptors (Lipinski definition) is 2. The first-order valence-corrected chi connectivity index (χ1v) is 8.77. The number of hydrogen-bond donors (Lipinski definition) is 1. The Labute approximate surface area is 151 Å². The van der Waals surface area contributed by atoms with Gasteiger partial charge in [0.25, 0.3) is 5.91 Å². The van der Waals surface area contributed by atoms with Gasteiger partial charge in [-0.15, -0.1) is 0 Å². The van der Waals surface area contributed by atoms with Gasteiger partial charge in [-0.3, -0.25) is 4.79 Å². The van der Waals surface area contributed by atoms with Crippen molar-refractivity contribution in [1.29, 1.82) is 0 Å². The first-order valence-electron chi connectivity index (χ1n) is 8.02. The Kier molecular flexibility index (Phi) is 5.32. The van der Waals surface area contributed by atoms with Crippen LogP contribution in [0, 0.1) is 0 Å². The lowest BCUT2D eigenvalue weighted by Crippen LogP contribution is -2.31. The van der Waals surface area contributed by atoms with E-state index in [1.165, 1.54) is 17.5 Å². The predicted octanol–water partition coefficient (Wildman–Crippen LogP) is 4.74. The molecule has 3 rings (SSSR count). The second kappa shape index (κ2) is 7.45. The summed E-state index contributed by atoms with van der Waals surface area (Å²) in [6.07, 6.45) is 3.50. The van der Waals surface area contributed by atoms with Crippen LogP contribution in [0.5, 0.6) is 5.75 Å². The highest BCUT2D eigenvalue weighted by Gasteiger charge is 2.15. The summed E-state index contributed by atoms with van der Waals surface area (Å²) >= 11 is 11.9.